The van der Waals surface area contributed by atoms with E-state index in [1.54, 1.807) is 0 Å². The van der Waals surface area contributed by atoms with Gasteiger partial charge in [-0.15, -0.1) is 0 Å². The number of hydrogen-bond acceptors (Lipinski definition) is 12. The highest BCUT2D eigenvalue weighted by Crippen LogP contribution is 2.52. The highest BCUT2D eigenvalue weighted by molar-refractivity contribution is 5.67. The van der Waals surface area contributed by atoms with Crippen LogP contribution in [0, 0.1) is 17.8 Å². The molecule has 1 fully saturated rings. The average molecular weight is 678 g/mol. The maximum Gasteiger partial charge on any atom is 0.407 e. The van der Waals surface area contributed by atoms with Crippen LogP contribution in [0.5, 0.6) is 0 Å². The number of ether oxygens (including phenoxy) is 11. The van der Waals surface area contributed by atoms with Gasteiger partial charge in [0, 0.05) is 13.2 Å². The molecule has 0 aromatic heterocycles. The fourth-order valence-electron chi connectivity index (χ4n) is 5.11. The van der Waals surface area contributed by atoms with Gasteiger partial charge in [0.2, 0.25) is 0 Å². The first kappa shape index (κ1) is 41.8. The smallest absolute Gasteiger partial charge is 0.407 e. The molecule has 0 aromatic carbocycles. The van der Waals surface area contributed by atoms with Crippen LogP contribution in [0.3, 0.4) is 0 Å². The lowest BCUT2D eigenvalue weighted by Crippen LogP contribution is -2.29. The Morgan fingerprint density at radius 1 is 0.511 bits per heavy atom. The van der Waals surface area contributed by atoms with Crippen molar-refractivity contribution in [3.05, 3.63) is 12.2 Å². The molecular formula is C34H63NO12. The zero-order valence-corrected chi connectivity index (χ0v) is 28.9. The SMILES string of the molecule is CCCOCCOCCOCCOCCOCCOCCOCCOCCOCCOCCNC(=O)OCC1C2CC/C=C/CCC21. The minimum atomic E-state index is -0.362. The molecule has 2 atom stereocenters. The van der Waals surface area contributed by atoms with E-state index in [2.05, 4.69) is 24.4 Å². The molecule has 2 unspecified atom stereocenters. The number of rotatable bonds is 34. The molecule has 1 saturated carbocycles. The van der Waals surface area contributed by atoms with Gasteiger partial charge in [0.15, 0.2) is 0 Å². The van der Waals surface area contributed by atoms with Gasteiger partial charge in [-0.2, -0.15) is 0 Å². The highest BCUT2D eigenvalue weighted by atomic mass is 16.6. The number of hydrogen-bond donors (Lipinski definition) is 1. The van der Waals surface area contributed by atoms with E-state index in [-0.39, 0.29) is 6.09 Å². The standard InChI is InChI=1S/C34H63NO12/c1-2-10-37-12-14-39-16-18-41-20-22-43-24-26-45-28-29-46-27-25-44-23-21-42-19-17-40-15-13-38-11-9-35-34(36)47-30-33-31-7-5-3-4-6-8-32(31)33/h3-4,31-33H,2,5-30H2,1H3,(H,35,36)/b4-3+. The Bertz CT molecular complexity index is 715. The van der Waals surface area contributed by atoms with Crippen molar-refractivity contribution >= 4 is 6.09 Å². The number of amides is 1. The first-order valence-electron chi connectivity index (χ1n) is 17.7. The van der Waals surface area contributed by atoms with Crippen LogP contribution < -0.4 is 5.32 Å². The van der Waals surface area contributed by atoms with Crippen LogP contribution in [0.15, 0.2) is 12.2 Å². The number of alkyl carbamates (subject to hydrolysis) is 1. The van der Waals surface area contributed by atoms with Gasteiger partial charge in [0.1, 0.15) is 0 Å². The Kier molecular flexibility index (Phi) is 28.3. The summed E-state index contributed by atoms with van der Waals surface area (Å²) in [6, 6.07) is 0. The molecule has 0 heterocycles. The Labute approximate surface area is 282 Å². The molecule has 0 radical (unpaired) electrons. The molecule has 1 N–H and O–H groups in total. The van der Waals surface area contributed by atoms with E-state index in [0.717, 1.165) is 37.7 Å². The monoisotopic (exact) mass is 677 g/mol. The third-order valence-electron chi connectivity index (χ3n) is 7.63. The molecule has 2 aliphatic rings. The Balaban J connectivity index is 1.16. The zero-order valence-electron chi connectivity index (χ0n) is 28.9. The van der Waals surface area contributed by atoms with Crippen LogP contribution in [0.25, 0.3) is 0 Å². The molecule has 276 valence electrons. The molecule has 0 saturated heterocycles. The third kappa shape index (κ3) is 25.3. The summed E-state index contributed by atoms with van der Waals surface area (Å²) >= 11 is 0. The summed E-state index contributed by atoms with van der Waals surface area (Å²) in [5, 5.41) is 2.75. The van der Waals surface area contributed by atoms with Crippen LogP contribution >= 0.6 is 0 Å². The van der Waals surface area contributed by atoms with Crippen molar-refractivity contribution < 1.29 is 56.9 Å². The van der Waals surface area contributed by atoms with Crippen LogP contribution in [-0.4, -0.2) is 151 Å². The van der Waals surface area contributed by atoms with Crippen LogP contribution in [0.2, 0.25) is 0 Å². The van der Waals surface area contributed by atoms with Gasteiger partial charge in [-0.1, -0.05) is 19.1 Å². The van der Waals surface area contributed by atoms with Gasteiger partial charge in [0.05, 0.1) is 132 Å². The summed E-state index contributed by atoms with van der Waals surface area (Å²) in [7, 11) is 0. The molecule has 47 heavy (non-hydrogen) atoms. The maximum atomic E-state index is 11.9. The molecule has 2 rings (SSSR count). The molecule has 13 nitrogen and oxygen atoms in total. The molecule has 13 heteroatoms. The number of allylic oxidation sites excluding steroid dienone is 2. The largest absolute Gasteiger partial charge is 0.449 e. The second kappa shape index (κ2) is 31.9. The van der Waals surface area contributed by atoms with E-state index in [1.807, 2.05) is 0 Å². The van der Waals surface area contributed by atoms with Gasteiger partial charge in [-0.3, -0.25) is 0 Å². The van der Waals surface area contributed by atoms with E-state index < -0.39 is 0 Å². The topological polar surface area (TPSA) is 131 Å². The maximum absolute atomic E-state index is 11.9. The molecular weight excluding hydrogens is 614 g/mol. The lowest BCUT2D eigenvalue weighted by Gasteiger charge is -2.09. The molecule has 0 bridgehead atoms. The van der Waals surface area contributed by atoms with Crippen molar-refractivity contribution in [2.24, 2.45) is 17.8 Å². The van der Waals surface area contributed by atoms with E-state index in [9.17, 15) is 4.79 Å². The first-order valence-corrected chi connectivity index (χ1v) is 17.7. The summed E-state index contributed by atoms with van der Waals surface area (Å²) < 4.78 is 60.0. The van der Waals surface area contributed by atoms with Crippen LogP contribution in [0.1, 0.15) is 39.0 Å². The van der Waals surface area contributed by atoms with E-state index >= 15 is 0 Å². The van der Waals surface area contributed by atoms with Crippen molar-refractivity contribution in [3.8, 4) is 0 Å². The third-order valence-corrected chi connectivity index (χ3v) is 7.63. The lowest BCUT2D eigenvalue weighted by molar-refractivity contribution is -0.0263. The van der Waals surface area contributed by atoms with E-state index in [0.29, 0.717) is 145 Å². The predicted molar refractivity (Wildman–Crippen MR) is 176 cm³/mol. The second-order valence-corrected chi connectivity index (χ2v) is 11.3. The van der Waals surface area contributed by atoms with E-state index in [4.69, 9.17) is 52.1 Å². The minimum absolute atomic E-state index is 0.362. The number of nitrogens with one attached hydrogen (secondary N) is 1. The normalized spacial score (nSPS) is 19.6. The quantitative estimate of drug-likeness (QED) is 0.0793. The minimum Gasteiger partial charge on any atom is -0.449 e. The molecule has 0 spiro atoms. The Morgan fingerprint density at radius 2 is 0.830 bits per heavy atom. The second-order valence-electron chi connectivity index (χ2n) is 11.3. The summed E-state index contributed by atoms with van der Waals surface area (Å²) in [6.45, 7) is 13.6. The molecule has 1 amide bonds. The Hall–Kier alpha value is -1.39. The number of fused-ring (bicyclic) bond motifs is 1. The van der Waals surface area contributed by atoms with Gasteiger partial charge in [0.25, 0.3) is 0 Å². The van der Waals surface area contributed by atoms with Crippen molar-refractivity contribution in [2.75, 3.05) is 145 Å². The number of carbonyl (C=O) groups is 1. The first-order chi connectivity index (χ1) is 23.3. The Morgan fingerprint density at radius 3 is 1.17 bits per heavy atom. The van der Waals surface area contributed by atoms with Gasteiger partial charge in [-0.05, 0) is 49.9 Å². The van der Waals surface area contributed by atoms with Gasteiger partial charge in [-0.25, -0.2) is 4.79 Å². The van der Waals surface area contributed by atoms with Gasteiger partial charge < -0.3 is 57.4 Å². The fraction of sp³-hybridized carbons (Fsp3) is 0.912. The van der Waals surface area contributed by atoms with Crippen molar-refractivity contribution in [3.63, 3.8) is 0 Å². The van der Waals surface area contributed by atoms with Crippen LogP contribution in [-0.2, 0) is 52.1 Å². The summed E-state index contributed by atoms with van der Waals surface area (Å²) in [6.07, 6.45) is 9.93. The van der Waals surface area contributed by atoms with Crippen molar-refractivity contribution in [1.29, 1.82) is 0 Å². The van der Waals surface area contributed by atoms with Gasteiger partial charge >= 0.3 is 6.09 Å². The van der Waals surface area contributed by atoms with E-state index in [1.165, 1.54) is 12.8 Å². The zero-order chi connectivity index (χ0) is 33.3. The highest BCUT2D eigenvalue weighted by Gasteiger charge is 2.49. The fourth-order valence-corrected chi connectivity index (χ4v) is 5.11. The molecule has 0 aromatic rings. The predicted octanol–water partition coefficient (Wildman–Crippen LogP) is 3.28. The van der Waals surface area contributed by atoms with Crippen LogP contribution in [0.4, 0.5) is 4.79 Å². The molecule has 2 aliphatic carbocycles. The molecule has 0 aliphatic heterocycles. The van der Waals surface area contributed by atoms with Crippen molar-refractivity contribution in [2.45, 2.75) is 39.0 Å². The summed E-state index contributed by atoms with van der Waals surface area (Å²) in [5.74, 6) is 1.99. The number of carbonyl (C=O) groups excluding carboxylic acids is 1. The average Bonchev–Trinajstić information content (AvgIpc) is 3.72. The summed E-state index contributed by atoms with van der Waals surface area (Å²) in [5.41, 5.74) is 0. The van der Waals surface area contributed by atoms with Crippen molar-refractivity contribution in [1.82, 2.24) is 5.32 Å². The summed E-state index contributed by atoms with van der Waals surface area (Å²) in [4.78, 5) is 11.9. The lowest BCUT2D eigenvalue weighted by atomic mass is 10.1.